The van der Waals surface area contributed by atoms with Crippen LogP contribution in [0.5, 0.6) is 0 Å². The van der Waals surface area contributed by atoms with Crippen LogP contribution in [0.25, 0.3) is 17.1 Å². The second-order valence-electron chi connectivity index (χ2n) is 6.96. The Kier molecular flexibility index (Phi) is 7.51. The summed E-state index contributed by atoms with van der Waals surface area (Å²) in [6.07, 6.45) is 1.31. The average molecular weight is 536 g/mol. The second kappa shape index (κ2) is 10.9. The van der Waals surface area contributed by atoms with Gasteiger partial charge in [-0.1, -0.05) is 76.2 Å². The Labute approximate surface area is 207 Å². The molecule has 4 aromatic rings. The van der Waals surface area contributed by atoms with Crippen LogP contribution in [0.4, 0.5) is 0 Å². The summed E-state index contributed by atoms with van der Waals surface area (Å²) < 4.78 is 2.85. The summed E-state index contributed by atoms with van der Waals surface area (Å²) in [7, 11) is 0. The van der Waals surface area contributed by atoms with Gasteiger partial charge in [-0.25, -0.2) is 10.2 Å². The van der Waals surface area contributed by atoms with Crippen molar-refractivity contribution in [2.24, 2.45) is 5.10 Å². The summed E-state index contributed by atoms with van der Waals surface area (Å²) in [6.45, 7) is 0. The monoisotopic (exact) mass is 535 g/mol. The van der Waals surface area contributed by atoms with Crippen molar-refractivity contribution in [1.29, 1.82) is 0 Å². The Balaban J connectivity index is 1.49. The van der Waals surface area contributed by atoms with Crippen LogP contribution in [-0.4, -0.2) is 43.7 Å². The highest BCUT2D eigenvalue weighted by Gasteiger charge is 2.17. The molecule has 0 saturated carbocycles. The number of nitrogens with one attached hydrogen (secondary N) is 1. The first kappa shape index (κ1) is 23.4. The van der Waals surface area contributed by atoms with Crippen LogP contribution in [0.3, 0.4) is 0 Å². The van der Waals surface area contributed by atoms with E-state index in [0.29, 0.717) is 16.5 Å². The lowest BCUT2D eigenvalue weighted by Gasteiger charge is -2.10. The molecule has 1 heterocycles. The van der Waals surface area contributed by atoms with Gasteiger partial charge in [0.05, 0.1) is 17.5 Å². The number of carbonyl (C=O) groups is 2. The number of halogens is 1. The summed E-state index contributed by atoms with van der Waals surface area (Å²) >= 11 is 4.66. The Bertz CT molecular complexity index is 1340. The van der Waals surface area contributed by atoms with Gasteiger partial charge in [0.2, 0.25) is 0 Å². The largest absolute Gasteiger partial charge is 0.478 e. The zero-order chi connectivity index (χ0) is 23.9. The molecule has 0 bridgehead atoms. The quantitative estimate of drug-likeness (QED) is 0.193. The number of hydrogen-bond donors (Lipinski definition) is 2. The fourth-order valence-corrected chi connectivity index (χ4v) is 4.11. The van der Waals surface area contributed by atoms with Gasteiger partial charge in [0.1, 0.15) is 0 Å². The van der Waals surface area contributed by atoms with E-state index in [9.17, 15) is 14.7 Å². The van der Waals surface area contributed by atoms with Gasteiger partial charge < -0.3 is 5.11 Å². The molecule has 0 spiro atoms. The average Bonchev–Trinajstić information content (AvgIpc) is 3.28. The van der Waals surface area contributed by atoms with Crippen molar-refractivity contribution in [2.45, 2.75) is 5.16 Å². The summed E-state index contributed by atoms with van der Waals surface area (Å²) in [4.78, 5) is 23.6. The first-order chi connectivity index (χ1) is 16.5. The number of hydrazone groups is 1. The van der Waals surface area contributed by atoms with E-state index < -0.39 is 5.97 Å². The third kappa shape index (κ3) is 5.59. The normalized spacial score (nSPS) is 11.0. The van der Waals surface area contributed by atoms with Crippen molar-refractivity contribution in [2.75, 3.05) is 5.75 Å². The lowest BCUT2D eigenvalue weighted by atomic mass is 10.1. The number of amides is 1. The molecule has 0 fully saturated rings. The third-order valence-electron chi connectivity index (χ3n) is 4.67. The summed E-state index contributed by atoms with van der Waals surface area (Å²) in [5, 5.41) is 22.3. The third-order valence-corrected chi connectivity index (χ3v) is 6.12. The maximum atomic E-state index is 12.4. The molecule has 0 atom stereocenters. The van der Waals surface area contributed by atoms with Crippen molar-refractivity contribution < 1.29 is 14.7 Å². The van der Waals surface area contributed by atoms with Crippen LogP contribution in [-0.2, 0) is 4.79 Å². The molecule has 0 aliphatic rings. The number of hydrogen-bond acceptors (Lipinski definition) is 6. The maximum absolute atomic E-state index is 12.4. The fourth-order valence-electron chi connectivity index (χ4n) is 3.10. The number of carboxylic acids is 1. The zero-order valence-electron chi connectivity index (χ0n) is 17.6. The summed E-state index contributed by atoms with van der Waals surface area (Å²) in [5.74, 6) is -0.721. The van der Waals surface area contributed by atoms with E-state index in [-0.39, 0.29) is 17.2 Å². The van der Waals surface area contributed by atoms with Crippen LogP contribution >= 0.6 is 27.7 Å². The van der Waals surface area contributed by atoms with Crippen molar-refractivity contribution in [3.05, 3.63) is 94.5 Å². The van der Waals surface area contributed by atoms with E-state index in [2.05, 4.69) is 36.7 Å². The van der Waals surface area contributed by atoms with E-state index in [1.807, 2.05) is 59.2 Å². The fraction of sp³-hybridized carbons (Fsp3) is 0.0417. The van der Waals surface area contributed by atoms with E-state index in [1.54, 1.807) is 18.2 Å². The maximum Gasteiger partial charge on any atom is 0.336 e. The van der Waals surface area contributed by atoms with Crippen molar-refractivity contribution >= 4 is 45.8 Å². The van der Waals surface area contributed by atoms with Gasteiger partial charge in [-0.05, 0) is 30.3 Å². The highest BCUT2D eigenvalue weighted by Crippen LogP contribution is 2.28. The van der Waals surface area contributed by atoms with Crippen LogP contribution in [0.2, 0.25) is 0 Å². The first-order valence-electron chi connectivity index (χ1n) is 10.1. The van der Waals surface area contributed by atoms with Crippen LogP contribution in [0.1, 0.15) is 15.9 Å². The van der Waals surface area contributed by atoms with Gasteiger partial charge in [-0.3, -0.25) is 9.36 Å². The standard InChI is InChI=1S/C24H18BrN5O3S/c25-18-12-10-16(11-13-18)22-28-29-24(30(22)19-7-2-1-3-8-19)34-15-21(31)27-26-14-17-6-4-5-9-20(17)23(32)33/h1-14H,15H2,(H,27,31)(H,32,33)/b26-14+. The Morgan fingerprint density at radius 2 is 1.71 bits per heavy atom. The molecule has 10 heteroatoms. The van der Waals surface area contributed by atoms with Crippen molar-refractivity contribution in [1.82, 2.24) is 20.2 Å². The van der Waals surface area contributed by atoms with Gasteiger partial charge in [0.25, 0.3) is 5.91 Å². The molecule has 34 heavy (non-hydrogen) atoms. The number of rotatable bonds is 8. The smallest absolute Gasteiger partial charge is 0.336 e. The molecule has 2 N–H and O–H groups in total. The predicted molar refractivity (Wildman–Crippen MR) is 134 cm³/mol. The molecule has 1 aromatic heterocycles. The number of thioether (sulfide) groups is 1. The van der Waals surface area contributed by atoms with Crippen LogP contribution in [0, 0.1) is 0 Å². The number of benzene rings is 3. The topological polar surface area (TPSA) is 109 Å². The number of carbonyl (C=O) groups excluding carboxylic acids is 1. The summed E-state index contributed by atoms with van der Waals surface area (Å²) in [5.41, 5.74) is 4.68. The number of aromatic nitrogens is 3. The SMILES string of the molecule is O=C(CSc1nnc(-c2ccc(Br)cc2)n1-c1ccccc1)N/N=C/c1ccccc1C(=O)O. The van der Waals surface area contributed by atoms with E-state index in [1.165, 1.54) is 24.0 Å². The molecule has 3 aromatic carbocycles. The number of nitrogens with zero attached hydrogens (tertiary/aromatic N) is 4. The van der Waals surface area contributed by atoms with Crippen LogP contribution < -0.4 is 5.43 Å². The van der Waals surface area contributed by atoms with Gasteiger partial charge in [0.15, 0.2) is 11.0 Å². The molecule has 170 valence electrons. The van der Waals surface area contributed by atoms with Crippen molar-refractivity contribution in [3.63, 3.8) is 0 Å². The number of carboxylic acid groups (broad SMARTS) is 1. The molecule has 0 radical (unpaired) electrons. The molecular formula is C24H18BrN5O3S. The Hall–Kier alpha value is -3.76. The lowest BCUT2D eigenvalue weighted by molar-refractivity contribution is -0.118. The number of para-hydroxylation sites is 1. The minimum atomic E-state index is -1.06. The van der Waals surface area contributed by atoms with Gasteiger partial charge in [-0.15, -0.1) is 10.2 Å². The molecule has 0 saturated heterocycles. The molecule has 4 rings (SSSR count). The summed E-state index contributed by atoms with van der Waals surface area (Å²) in [6, 6.07) is 23.8. The van der Waals surface area contributed by atoms with Crippen molar-refractivity contribution in [3.8, 4) is 17.1 Å². The van der Waals surface area contributed by atoms with Gasteiger partial charge in [0, 0.05) is 21.3 Å². The highest BCUT2D eigenvalue weighted by atomic mass is 79.9. The van der Waals surface area contributed by atoms with Crippen LogP contribution in [0.15, 0.2) is 93.6 Å². The lowest BCUT2D eigenvalue weighted by Crippen LogP contribution is -2.20. The highest BCUT2D eigenvalue weighted by molar-refractivity contribution is 9.10. The molecule has 8 nitrogen and oxygen atoms in total. The minimum Gasteiger partial charge on any atom is -0.478 e. The number of aromatic carboxylic acids is 1. The van der Waals surface area contributed by atoms with Gasteiger partial charge >= 0.3 is 5.97 Å². The molecule has 0 aliphatic carbocycles. The van der Waals surface area contributed by atoms with E-state index >= 15 is 0 Å². The predicted octanol–water partition coefficient (Wildman–Crippen LogP) is 4.64. The second-order valence-corrected chi connectivity index (χ2v) is 8.82. The molecular weight excluding hydrogens is 518 g/mol. The Morgan fingerprint density at radius 3 is 2.44 bits per heavy atom. The minimum absolute atomic E-state index is 0.0449. The van der Waals surface area contributed by atoms with E-state index in [4.69, 9.17) is 0 Å². The molecule has 0 unspecified atom stereocenters. The molecule has 0 aliphatic heterocycles. The zero-order valence-corrected chi connectivity index (χ0v) is 20.0. The first-order valence-corrected chi connectivity index (χ1v) is 11.8. The van der Waals surface area contributed by atoms with E-state index in [0.717, 1.165) is 15.7 Å². The Morgan fingerprint density at radius 1 is 1.00 bits per heavy atom. The molecule has 1 amide bonds. The van der Waals surface area contributed by atoms with Gasteiger partial charge in [-0.2, -0.15) is 5.10 Å².